The van der Waals surface area contributed by atoms with Crippen LogP contribution in [0, 0.1) is 11.7 Å². The minimum atomic E-state index is -0.728. The van der Waals surface area contributed by atoms with E-state index in [1.807, 2.05) is 13.8 Å². The molecule has 0 spiro atoms. The van der Waals surface area contributed by atoms with Crippen LogP contribution in [0.25, 0.3) is 0 Å². The number of halogens is 2. The molecule has 0 bridgehead atoms. The smallest absolute Gasteiger partial charge is 0.250 e. The van der Waals surface area contributed by atoms with Gasteiger partial charge >= 0.3 is 0 Å². The standard InChI is InChI=1S/C15H18BrFN2O2/c1-4-8(2)13-15(21)19(9(3)14(20)18-13)12-6-5-10(16)7-11(12)17/h5-9,13H,4H2,1-3H3,(H,18,20). The summed E-state index contributed by atoms with van der Waals surface area (Å²) in [5.41, 5.74) is 0.138. The molecule has 114 valence electrons. The fraction of sp³-hybridized carbons (Fsp3) is 0.467. The Balaban J connectivity index is 2.43. The summed E-state index contributed by atoms with van der Waals surface area (Å²) < 4.78 is 14.8. The van der Waals surface area contributed by atoms with Gasteiger partial charge in [0, 0.05) is 4.47 Å². The van der Waals surface area contributed by atoms with Crippen LogP contribution in [0.5, 0.6) is 0 Å². The summed E-state index contributed by atoms with van der Waals surface area (Å²) in [5.74, 6) is -1.06. The largest absolute Gasteiger partial charge is 0.342 e. The van der Waals surface area contributed by atoms with Gasteiger partial charge in [-0.15, -0.1) is 0 Å². The molecule has 0 aliphatic carbocycles. The zero-order valence-corrected chi connectivity index (χ0v) is 13.8. The summed E-state index contributed by atoms with van der Waals surface area (Å²) in [4.78, 5) is 26.0. The number of carbonyl (C=O) groups is 2. The van der Waals surface area contributed by atoms with Crippen LogP contribution < -0.4 is 10.2 Å². The molecule has 2 amide bonds. The van der Waals surface area contributed by atoms with Crippen LogP contribution in [-0.4, -0.2) is 23.9 Å². The Bertz CT molecular complexity index is 579. The van der Waals surface area contributed by atoms with E-state index in [-0.39, 0.29) is 23.4 Å². The number of amides is 2. The van der Waals surface area contributed by atoms with E-state index in [0.29, 0.717) is 4.47 Å². The van der Waals surface area contributed by atoms with E-state index in [9.17, 15) is 14.0 Å². The molecule has 1 saturated heterocycles. The number of piperazine rings is 1. The normalized spacial score (nSPS) is 24.0. The second kappa shape index (κ2) is 6.13. The Morgan fingerprint density at radius 1 is 1.43 bits per heavy atom. The lowest BCUT2D eigenvalue weighted by atomic mass is 9.94. The number of anilines is 1. The third-order valence-corrected chi connectivity index (χ3v) is 4.44. The lowest BCUT2D eigenvalue weighted by Crippen LogP contribution is -2.64. The van der Waals surface area contributed by atoms with Gasteiger partial charge in [0.2, 0.25) is 5.91 Å². The van der Waals surface area contributed by atoms with Crippen molar-refractivity contribution in [1.29, 1.82) is 0 Å². The van der Waals surface area contributed by atoms with Gasteiger partial charge in [-0.05, 0) is 31.0 Å². The van der Waals surface area contributed by atoms with Gasteiger partial charge in [-0.1, -0.05) is 36.2 Å². The molecule has 2 rings (SSSR count). The van der Waals surface area contributed by atoms with Crippen LogP contribution in [0.2, 0.25) is 0 Å². The van der Waals surface area contributed by atoms with Crippen molar-refractivity contribution >= 4 is 33.4 Å². The first kappa shape index (κ1) is 15.9. The van der Waals surface area contributed by atoms with Crippen molar-refractivity contribution in [2.45, 2.75) is 39.3 Å². The van der Waals surface area contributed by atoms with Gasteiger partial charge in [-0.25, -0.2) is 4.39 Å². The summed E-state index contributed by atoms with van der Waals surface area (Å²) in [6.07, 6.45) is 0.752. The molecule has 3 unspecified atom stereocenters. The molecule has 0 aromatic heterocycles. The molecule has 1 aromatic rings. The van der Waals surface area contributed by atoms with E-state index in [0.717, 1.165) is 6.42 Å². The van der Waals surface area contributed by atoms with E-state index in [1.165, 1.54) is 17.0 Å². The molecule has 1 fully saturated rings. The second-order valence-electron chi connectivity index (χ2n) is 5.35. The molecule has 0 radical (unpaired) electrons. The minimum Gasteiger partial charge on any atom is -0.342 e. The van der Waals surface area contributed by atoms with Gasteiger partial charge in [0.15, 0.2) is 0 Å². The number of rotatable bonds is 3. The van der Waals surface area contributed by atoms with Gasteiger partial charge in [-0.3, -0.25) is 14.5 Å². The average Bonchev–Trinajstić information content (AvgIpc) is 2.44. The number of carbonyl (C=O) groups excluding carboxylic acids is 2. The van der Waals surface area contributed by atoms with E-state index in [4.69, 9.17) is 0 Å². The van der Waals surface area contributed by atoms with Crippen molar-refractivity contribution in [3.63, 3.8) is 0 Å². The highest BCUT2D eigenvalue weighted by Gasteiger charge is 2.41. The topological polar surface area (TPSA) is 49.4 Å². The molecule has 1 aromatic carbocycles. The highest BCUT2D eigenvalue weighted by molar-refractivity contribution is 9.10. The number of nitrogens with one attached hydrogen (secondary N) is 1. The second-order valence-corrected chi connectivity index (χ2v) is 6.27. The first-order valence-electron chi connectivity index (χ1n) is 6.95. The van der Waals surface area contributed by atoms with Gasteiger partial charge in [0.05, 0.1) is 5.69 Å². The zero-order chi connectivity index (χ0) is 15.7. The van der Waals surface area contributed by atoms with E-state index in [1.54, 1.807) is 13.0 Å². The van der Waals surface area contributed by atoms with E-state index >= 15 is 0 Å². The lowest BCUT2D eigenvalue weighted by Gasteiger charge is -2.39. The molecule has 3 atom stereocenters. The zero-order valence-electron chi connectivity index (χ0n) is 12.2. The summed E-state index contributed by atoms with van der Waals surface area (Å²) in [6, 6.07) is 3.12. The van der Waals surface area contributed by atoms with E-state index in [2.05, 4.69) is 21.2 Å². The van der Waals surface area contributed by atoms with Crippen LogP contribution in [0.1, 0.15) is 27.2 Å². The van der Waals surface area contributed by atoms with Crippen molar-refractivity contribution in [2.24, 2.45) is 5.92 Å². The molecule has 4 nitrogen and oxygen atoms in total. The Kier molecular flexibility index (Phi) is 4.66. The molecule has 1 heterocycles. The minimum absolute atomic E-state index is 0.00467. The maximum Gasteiger partial charge on any atom is 0.250 e. The van der Waals surface area contributed by atoms with E-state index < -0.39 is 17.9 Å². The predicted octanol–water partition coefficient (Wildman–Crippen LogP) is 2.85. The maximum atomic E-state index is 14.2. The van der Waals surface area contributed by atoms with Crippen molar-refractivity contribution in [3.05, 3.63) is 28.5 Å². The number of hydrogen-bond donors (Lipinski definition) is 1. The predicted molar refractivity (Wildman–Crippen MR) is 82.4 cm³/mol. The molecule has 6 heteroatoms. The number of hydrogen-bond acceptors (Lipinski definition) is 2. The van der Waals surface area contributed by atoms with Gasteiger partial charge in [-0.2, -0.15) is 0 Å². The summed E-state index contributed by atoms with van der Waals surface area (Å²) in [5, 5.41) is 2.74. The monoisotopic (exact) mass is 356 g/mol. The Labute approximate surface area is 131 Å². The Morgan fingerprint density at radius 2 is 2.10 bits per heavy atom. The first-order valence-corrected chi connectivity index (χ1v) is 7.74. The van der Waals surface area contributed by atoms with Gasteiger partial charge in [0.25, 0.3) is 5.91 Å². The van der Waals surface area contributed by atoms with Crippen molar-refractivity contribution < 1.29 is 14.0 Å². The highest BCUT2D eigenvalue weighted by atomic mass is 79.9. The molecule has 1 aliphatic heterocycles. The van der Waals surface area contributed by atoms with Crippen LogP contribution in [0.4, 0.5) is 10.1 Å². The van der Waals surface area contributed by atoms with Crippen LogP contribution in [0.3, 0.4) is 0 Å². The number of benzene rings is 1. The van der Waals surface area contributed by atoms with Crippen molar-refractivity contribution in [2.75, 3.05) is 4.90 Å². The molecular formula is C15H18BrFN2O2. The molecule has 21 heavy (non-hydrogen) atoms. The quantitative estimate of drug-likeness (QED) is 0.905. The number of nitrogens with zero attached hydrogens (tertiary/aromatic N) is 1. The molecule has 1 aliphatic rings. The van der Waals surface area contributed by atoms with Crippen LogP contribution >= 0.6 is 15.9 Å². The van der Waals surface area contributed by atoms with Gasteiger partial charge < -0.3 is 5.32 Å². The maximum absolute atomic E-state index is 14.2. The van der Waals surface area contributed by atoms with Gasteiger partial charge in [0.1, 0.15) is 17.9 Å². The molecule has 1 N–H and O–H groups in total. The first-order chi connectivity index (χ1) is 9.86. The summed E-state index contributed by atoms with van der Waals surface area (Å²) >= 11 is 3.19. The Hall–Kier alpha value is -1.43. The third-order valence-electron chi connectivity index (χ3n) is 3.95. The molecule has 0 saturated carbocycles. The average molecular weight is 357 g/mol. The summed E-state index contributed by atoms with van der Waals surface area (Å²) in [7, 11) is 0. The summed E-state index contributed by atoms with van der Waals surface area (Å²) in [6.45, 7) is 5.45. The fourth-order valence-electron chi connectivity index (χ4n) is 2.42. The highest BCUT2D eigenvalue weighted by Crippen LogP contribution is 2.28. The SMILES string of the molecule is CCC(C)C1NC(=O)C(C)N(c2ccc(Br)cc2F)C1=O. The van der Waals surface area contributed by atoms with Crippen LogP contribution in [-0.2, 0) is 9.59 Å². The fourth-order valence-corrected chi connectivity index (χ4v) is 2.75. The third kappa shape index (κ3) is 2.95. The van der Waals surface area contributed by atoms with Crippen LogP contribution in [0.15, 0.2) is 22.7 Å². The Morgan fingerprint density at radius 3 is 2.67 bits per heavy atom. The lowest BCUT2D eigenvalue weighted by molar-refractivity contribution is -0.134. The molecular weight excluding hydrogens is 339 g/mol. The van der Waals surface area contributed by atoms with Crippen molar-refractivity contribution in [3.8, 4) is 0 Å². The van der Waals surface area contributed by atoms with Crippen molar-refractivity contribution in [1.82, 2.24) is 5.32 Å².